The van der Waals surface area contributed by atoms with Gasteiger partial charge in [-0.3, -0.25) is 9.78 Å². The first-order chi connectivity index (χ1) is 16.4. The van der Waals surface area contributed by atoms with Crippen LogP contribution in [0.15, 0.2) is 24.4 Å². The maximum atomic E-state index is 14.4. The summed E-state index contributed by atoms with van der Waals surface area (Å²) < 4.78 is 71.1. The van der Waals surface area contributed by atoms with Gasteiger partial charge in [-0.2, -0.15) is 18.3 Å². The minimum Gasteiger partial charge on any atom is -0.383 e. The number of nitrogens with two attached hydrogens (primary N) is 1. The van der Waals surface area contributed by atoms with E-state index in [0.717, 1.165) is 6.07 Å². The summed E-state index contributed by atoms with van der Waals surface area (Å²) in [6.45, 7) is 1.91. The van der Waals surface area contributed by atoms with Gasteiger partial charge in [-0.1, -0.05) is 0 Å². The van der Waals surface area contributed by atoms with Crippen LogP contribution >= 0.6 is 0 Å². The molecule has 9 nitrogen and oxygen atoms in total. The molecule has 1 atom stereocenters. The highest BCUT2D eigenvalue weighted by Gasteiger charge is 2.63. The minimum absolute atomic E-state index is 0.0230. The molecule has 180 valence electrons. The van der Waals surface area contributed by atoms with Crippen molar-refractivity contribution in [3.05, 3.63) is 53.0 Å². The number of carbonyl (C=O) groups excluding carboxylic acids is 1. The Kier molecular flexibility index (Phi) is 4.76. The van der Waals surface area contributed by atoms with Crippen molar-refractivity contribution in [2.24, 2.45) is 0 Å². The van der Waals surface area contributed by atoms with E-state index in [0.29, 0.717) is 6.92 Å². The zero-order chi connectivity index (χ0) is 25.3. The zero-order valence-electron chi connectivity index (χ0n) is 18.1. The molecule has 0 saturated carbocycles. The SMILES string of the molecule is Cc1nc2c(cc1F)c(-c1nc(N)c3c(n1)NC(=O)C3(C)C(F)(F)F)nn2Cc1ncccc1F. The molecule has 1 unspecified atom stereocenters. The van der Waals surface area contributed by atoms with Crippen LogP contribution in [0.2, 0.25) is 0 Å². The van der Waals surface area contributed by atoms with E-state index in [1.807, 2.05) is 0 Å². The Hall–Kier alpha value is -4.23. The van der Waals surface area contributed by atoms with Crippen molar-refractivity contribution in [1.82, 2.24) is 29.7 Å². The van der Waals surface area contributed by atoms with Gasteiger partial charge in [-0.05, 0) is 32.0 Å². The number of hydrogen-bond acceptors (Lipinski definition) is 7. The molecule has 5 rings (SSSR count). The molecule has 35 heavy (non-hydrogen) atoms. The highest BCUT2D eigenvalue weighted by Crippen LogP contribution is 2.50. The standard InChI is InChI=1S/C21H15F5N8O/c1-8-11(23)6-9-14(33-34(18(9)29-8)7-12-10(22)4-3-5-28-12)17-30-15(27)13-16(31-17)32-19(35)20(13,2)21(24,25)26/h3-6H,7H2,1-2H3,(H3,27,30,31,32,35). The predicted molar refractivity (Wildman–Crippen MR) is 113 cm³/mol. The van der Waals surface area contributed by atoms with Crippen LogP contribution in [0.25, 0.3) is 22.6 Å². The van der Waals surface area contributed by atoms with Gasteiger partial charge >= 0.3 is 6.18 Å². The van der Waals surface area contributed by atoms with E-state index in [2.05, 4.69) is 30.4 Å². The number of amides is 1. The van der Waals surface area contributed by atoms with Crippen LogP contribution in [-0.4, -0.2) is 41.8 Å². The molecule has 0 bridgehead atoms. The molecular formula is C21H15F5N8O. The van der Waals surface area contributed by atoms with E-state index >= 15 is 0 Å². The maximum absolute atomic E-state index is 14.4. The average Bonchev–Trinajstić information content (AvgIpc) is 3.25. The topological polar surface area (TPSA) is 124 Å². The Morgan fingerprint density at radius 2 is 1.91 bits per heavy atom. The molecular weight excluding hydrogens is 475 g/mol. The summed E-state index contributed by atoms with van der Waals surface area (Å²) in [7, 11) is 0. The van der Waals surface area contributed by atoms with Crippen LogP contribution in [0, 0.1) is 18.6 Å². The van der Waals surface area contributed by atoms with E-state index in [4.69, 9.17) is 5.73 Å². The van der Waals surface area contributed by atoms with Crippen LogP contribution in [0.5, 0.6) is 0 Å². The number of nitrogen functional groups attached to an aromatic ring is 1. The fourth-order valence-corrected chi connectivity index (χ4v) is 3.90. The van der Waals surface area contributed by atoms with Gasteiger partial charge in [0.05, 0.1) is 28.9 Å². The number of hydrogen-bond donors (Lipinski definition) is 2. The summed E-state index contributed by atoms with van der Waals surface area (Å²) in [6, 6.07) is 3.72. The van der Waals surface area contributed by atoms with Crippen LogP contribution in [-0.2, 0) is 16.8 Å². The van der Waals surface area contributed by atoms with Crippen LogP contribution in [0.3, 0.4) is 0 Å². The quantitative estimate of drug-likeness (QED) is 0.423. The summed E-state index contributed by atoms with van der Waals surface area (Å²) in [4.78, 5) is 28.4. The third-order valence-electron chi connectivity index (χ3n) is 5.89. The van der Waals surface area contributed by atoms with Crippen LogP contribution < -0.4 is 11.1 Å². The van der Waals surface area contributed by atoms with Crippen molar-refractivity contribution in [1.29, 1.82) is 0 Å². The van der Waals surface area contributed by atoms with Gasteiger partial charge in [0.15, 0.2) is 16.9 Å². The molecule has 5 heterocycles. The van der Waals surface area contributed by atoms with E-state index in [9.17, 15) is 26.7 Å². The summed E-state index contributed by atoms with van der Waals surface area (Å²) in [5, 5.41) is 6.51. The molecule has 4 aromatic heterocycles. The minimum atomic E-state index is -4.97. The first kappa shape index (κ1) is 22.6. The molecule has 1 aliphatic rings. The number of pyridine rings is 2. The second-order valence-electron chi connectivity index (χ2n) is 8.10. The first-order valence-corrected chi connectivity index (χ1v) is 10.1. The second-order valence-corrected chi connectivity index (χ2v) is 8.10. The number of aromatic nitrogens is 6. The van der Waals surface area contributed by atoms with Crippen LogP contribution in [0.4, 0.5) is 33.6 Å². The average molecular weight is 490 g/mol. The Morgan fingerprint density at radius 3 is 2.60 bits per heavy atom. The first-order valence-electron chi connectivity index (χ1n) is 10.1. The summed E-state index contributed by atoms with van der Waals surface area (Å²) >= 11 is 0. The number of anilines is 2. The van der Waals surface area contributed by atoms with Gasteiger partial charge in [0.2, 0.25) is 5.91 Å². The van der Waals surface area contributed by atoms with E-state index in [1.54, 1.807) is 0 Å². The number of rotatable bonds is 3. The maximum Gasteiger partial charge on any atom is 0.407 e. The Balaban J connectivity index is 1.71. The normalized spacial score (nSPS) is 17.6. The van der Waals surface area contributed by atoms with Gasteiger partial charge in [0, 0.05) is 6.20 Å². The molecule has 0 aliphatic carbocycles. The van der Waals surface area contributed by atoms with Crippen molar-refractivity contribution >= 4 is 28.6 Å². The van der Waals surface area contributed by atoms with Crippen molar-refractivity contribution in [2.75, 3.05) is 11.1 Å². The summed E-state index contributed by atoms with van der Waals surface area (Å²) in [5.41, 5.74) is 2.42. The molecule has 1 aliphatic heterocycles. The molecule has 0 fully saturated rings. The van der Waals surface area contributed by atoms with Gasteiger partial charge in [-0.25, -0.2) is 28.4 Å². The Labute approximate surface area is 193 Å². The highest BCUT2D eigenvalue weighted by molar-refractivity contribution is 6.07. The number of alkyl halides is 3. The van der Waals surface area contributed by atoms with Gasteiger partial charge < -0.3 is 11.1 Å². The molecule has 0 saturated heterocycles. The van der Waals surface area contributed by atoms with Crippen LogP contribution in [0.1, 0.15) is 23.9 Å². The second kappa shape index (κ2) is 7.38. The molecule has 0 spiro atoms. The molecule has 14 heteroatoms. The summed E-state index contributed by atoms with van der Waals surface area (Å²) in [5.74, 6) is -3.96. The Bertz CT molecular complexity index is 1530. The predicted octanol–water partition coefficient (Wildman–Crippen LogP) is 3.27. The molecule has 0 radical (unpaired) electrons. The molecule has 4 aromatic rings. The van der Waals surface area contributed by atoms with Crippen molar-refractivity contribution in [3.8, 4) is 11.5 Å². The smallest absolute Gasteiger partial charge is 0.383 e. The number of nitrogens with zero attached hydrogens (tertiary/aromatic N) is 6. The largest absolute Gasteiger partial charge is 0.407 e. The lowest BCUT2D eigenvalue weighted by atomic mass is 9.84. The third kappa shape index (κ3) is 3.27. The van der Waals surface area contributed by atoms with E-state index < -0.39 is 46.3 Å². The fourth-order valence-electron chi connectivity index (χ4n) is 3.90. The lowest BCUT2D eigenvalue weighted by Crippen LogP contribution is -2.45. The van der Waals surface area contributed by atoms with Gasteiger partial charge in [0.25, 0.3) is 0 Å². The summed E-state index contributed by atoms with van der Waals surface area (Å²) in [6.07, 6.45) is -3.58. The molecule has 3 N–H and O–H groups in total. The zero-order valence-corrected chi connectivity index (χ0v) is 18.1. The van der Waals surface area contributed by atoms with Crippen molar-refractivity contribution < 1.29 is 26.7 Å². The molecule has 1 amide bonds. The number of halogens is 5. The number of fused-ring (bicyclic) bond motifs is 2. The highest BCUT2D eigenvalue weighted by atomic mass is 19.4. The Morgan fingerprint density at radius 1 is 1.17 bits per heavy atom. The molecule has 0 aromatic carbocycles. The number of nitrogens with one attached hydrogen (secondary N) is 1. The van der Waals surface area contributed by atoms with E-state index in [-0.39, 0.29) is 40.5 Å². The van der Waals surface area contributed by atoms with Gasteiger partial charge in [-0.15, -0.1) is 0 Å². The third-order valence-corrected chi connectivity index (χ3v) is 5.89. The lowest BCUT2D eigenvalue weighted by Gasteiger charge is -2.25. The lowest BCUT2D eigenvalue weighted by molar-refractivity contribution is -0.186. The monoisotopic (exact) mass is 490 g/mol. The fraction of sp³-hybridized carbons (Fsp3) is 0.238. The number of aryl methyl sites for hydroxylation is 1. The van der Waals surface area contributed by atoms with Crippen molar-refractivity contribution in [3.63, 3.8) is 0 Å². The van der Waals surface area contributed by atoms with Crippen molar-refractivity contribution in [2.45, 2.75) is 32.0 Å². The van der Waals surface area contributed by atoms with Gasteiger partial charge in [0.1, 0.15) is 29.0 Å². The van der Waals surface area contributed by atoms with E-state index in [1.165, 1.54) is 29.9 Å². The number of carbonyl (C=O) groups is 1.